The van der Waals surface area contributed by atoms with Crippen LogP contribution in [0.2, 0.25) is 30.1 Å². The quantitative estimate of drug-likeness (QED) is 0.0272. The van der Waals surface area contributed by atoms with Crippen molar-refractivity contribution in [2.75, 3.05) is 115 Å². The highest BCUT2D eigenvalue weighted by Crippen LogP contribution is 2.49. The summed E-state index contributed by atoms with van der Waals surface area (Å²) in [6, 6.07) is 83.6. The van der Waals surface area contributed by atoms with Crippen molar-refractivity contribution in [3.63, 3.8) is 0 Å². The Kier molecular flexibility index (Phi) is 37.5. The molecule has 0 radical (unpaired) electrons. The number of nitrogens with zero attached hydrogens (tertiary/aromatic N) is 12. The van der Waals surface area contributed by atoms with E-state index in [0.717, 1.165) is 306 Å². The average Bonchev–Trinajstić information content (AvgIpc) is 1.65. The van der Waals surface area contributed by atoms with Gasteiger partial charge in [-0.1, -0.05) is 290 Å². The Balaban J connectivity index is 0.000000141. The van der Waals surface area contributed by atoms with Crippen LogP contribution in [0.3, 0.4) is 0 Å². The van der Waals surface area contributed by atoms with Gasteiger partial charge in [-0.2, -0.15) is 0 Å². The van der Waals surface area contributed by atoms with Crippen molar-refractivity contribution in [1.82, 2.24) is 59.5 Å². The number of anilines is 4. The molecule has 0 aliphatic heterocycles. The Morgan fingerprint density at radius 3 is 1.02 bits per heavy atom. The summed E-state index contributed by atoms with van der Waals surface area (Å²) >= 11 is 39.0. The summed E-state index contributed by atoms with van der Waals surface area (Å²) in [5.74, 6) is 6.99. The van der Waals surface area contributed by atoms with E-state index in [1.54, 1.807) is 6.07 Å². The second kappa shape index (κ2) is 51.0. The fraction of sp³-hybridized carbons (Fsp3) is 0.317. The first-order valence-electron chi connectivity index (χ1n) is 52.4. The Labute approximate surface area is 905 Å². The normalized spacial score (nSPS) is 14.4. The van der Waals surface area contributed by atoms with Gasteiger partial charge in [-0.3, -0.25) is 0 Å². The van der Waals surface area contributed by atoms with Gasteiger partial charge in [0.25, 0.3) is 0 Å². The fourth-order valence-electron chi connectivity index (χ4n) is 20.6. The molecule has 0 spiro atoms. The van der Waals surface area contributed by atoms with E-state index in [9.17, 15) is 0 Å². The maximum Gasteiger partial charge on any atom is 0.162 e. The number of hydrogen-bond acceptors (Lipinski definition) is 16. The smallest absolute Gasteiger partial charge is 0.162 e. The molecule has 0 fully saturated rings. The first-order chi connectivity index (χ1) is 71.5. The summed E-state index contributed by atoms with van der Waals surface area (Å²) in [5, 5.41) is 23.2. The van der Waals surface area contributed by atoms with Crippen LogP contribution in [0.1, 0.15) is 199 Å². The number of allylic oxidation sites excluding steroid dienone is 3. The topological polar surface area (TPSA) is 164 Å². The van der Waals surface area contributed by atoms with Crippen molar-refractivity contribution in [1.29, 1.82) is 0 Å². The van der Waals surface area contributed by atoms with Crippen LogP contribution in [-0.4, -0.2) is 165 Å². The Bertz CT molecular complexity index is 7460. The summed E-state index contributed by atoms with van der Waals surface area (Å²) in [6.07, 6.45) is 16.1. The molecule has 5 atom stereocenters. The lowest BCUT2D eigenvalue weighted by Gasteiger charge is -2.21. The van der Waals surface area contributed by atoms with Crippen LogP contribution >= 0.6 is 69.6 Å². The van der Waals surface area contributed by atoms with E-state index < -0.39 is 0 Å². The number of benzene rings is 12. The third-order valence-electron chi connectivity index (χ3n) is 28.4. The molecule has 3 aliphatic rings. The van der Waals surface area contributed by atoms with Crippen molar-refractivity contribution in [3.05, 3.63) is 392 Å². The minimum Gasteiger partial charge on any atom is -0.369 e. The number of hydrogen-bond donors (Lipinski definition) is 4. The fourth-order valence-corrected chi connectivity index (χ4v) is 22.2. The zero-order chi connectivity index (χ0) is 104. The van der Waals surface area contributed by atoms with Crippen LogP contribution in [0.25, 0.3) is 82.8 Å². The number of nitrogens with one attached hydrogen (secondary N) is 4. The molecule has 3 aliphatic carbocycles. The third-order valence-corrected chi connectivity index (χ3v) is 30.0. The second-order valence-corrected chi connectivity index (χ2v) is 42.7. The molecule has 22 heteroatoms. The first kappa shape index (κ1) is 109. The van der Waals surface area contributed by atoms with Gasteiger partial charge < -0.3 is 40.9 Å². The van der Waals surface area contributed by atoms with Gasteiger partial charge in [-0.05, 0) is 356 Å². The van der Waals surface area contributed by atoms with E-state index in [2.05, 4.69) is 334 Å². The predicted molar refractivity (Wildman–Crippen MR) is 630 cm³/mol. The minimum atomic E-state index is 0.137. The lowest BCUT2D eigenvalue weighted by Crippen LogP contribution is -2.26. The van der Waals surface area contributed by atoms with Gasteiger partial charge in [0.2, 0.25) is 0 Å². The van der Waals surface area contributed by atoms with E-state index in [1.807, 2.05) is 72.8 Å². The molecule has 764 valence electrons. The monoisotopic (exact) mass is 2080 g/mol. The van der Waals surface area contributed by atoms with Gasteiger partial charge in [-0.15, -0.1) is 0 Å². The lowest BCUT2D eigenvalue weighted by atomic mass is 9.93. The largest absolute Gasteiger partial charge is 0.369 e. The summed E-state index contributed by atoms with van der Waals surface area (Å²) in [4.78, 5) is 50.0. The molecule has 0 saturated carbocycles. The molecule has 0 amide bonds. The van der Waals surface area contributed by atoms with Crippen LogP contribution in [0.4, 0.5) is 23.3 Å². The van der Waals surface area contributed by atoms with E-state index in [0.29, 0.717) is 28.0 Å². The maximum atomic E-state index is 6.84. The number of para-hydroxylation sites is 4. The number of aromatic nitrogens is 8. The molecular formula is C126H138Cl6N16. The van der Waals surface area contributed by atoms with Crippen LogP contribution < -0.4 is 21.3 Å². The first-order valence-corrected chi connectivity index (χ1v) is 54.6. The predicted octanol–water partition coefficient (Wildman–Crippen LogP) is 31.5. The highest BCUT2D eigenvalue weighted by Gasteiger charge is 2.34. The van der Waals surface area contributed by atoms with E-state index in [1.165, 1.54) is 38.9 Å². The molecule has 16 aromatic rings. The van der Waals surface area contributed by atoms with Crippen LogP contribution in [0.5, 0.6) is 0 Å². The highest BCUT2D eigenvalue weighted by molar-refractivity contribution is 6.35. The number of fused-ring (bicyclic) bond motifs is 7. The van der Waals surface area contributed by atoms with Gasteiger partial charge in [0, 0.05) is 117 Å². The number of rotatable bonds is 37. The van der Waals surface area contributed by atoms with Crippen LogP contribution in [0, 0.1) is 41.5 Å². The second-order valence-electron chi connectivity index (χ2n) is 40.2. The zero-order valence-corrected chi connectivity index (χ0v) is 92.8. The molecule has 12 aromatic carbocycles. The molecule has 5 unspecified atom stereocenters. The van der Waals surface area contributed by atoms with E-state index in [-0.39, 0.29) is 17.8 Å². The van der Waals surface area contributed by atoms with Crippen molar-refractivity contribution in [2.24, 2.45) is 0 Å². The van der Waals surface area contributed by atoms with Crippen molar-refractivity contribution in [2.45, 2.75) is 171 Å². The van der Waals surface area contributed by atoms with Gasteiger partial charge in [-0.25, -0.2) is 39.9 Å². The van der Waals surface area contributed by atoms with Gasteiger partial charge in [0.05, 0.1) is 22.1 Å². The molecule has 148 heavy (non-hydrogen) atoms. The summed E-state index contributed by atoms with van der Waals surface area (Å²) in [5.41, 5.74) is 27.8. The molecule has 0 saturated heterocycles. The van der Waals surface area contributed by atoms with Gasteiger partial charge in [0.15, 0.2) is 23.3 Å². The summed E-state index contributed by atoms with van der Waals surface area (Å²) < 4.78 is 0. The molecule has 4 N–H and O–H groups in total. The average molecular weight is 2090 g/mol. The molecule has 0 bridgehead atoms. The lowest BCUT2D eigenvalue weighted by molar-refractivity contribution is 0.295. The van der Waals surface area contributed by atoms with Crippen molar-refractivity contribution < 1.29 is 0 Å². The van der Waals surface area contributed by atoms with Gasteiger partial charge in [0.1, 0.15) is 23.3 Å². The van der Waals surface area contributed by atoms with E-state index >= 15 is 0 Å². The summed E-state index contributed by atoms with van der Waals surface area (Å²) in [7, 11) is 8.39. The zero-order valence-electron chi connectivity index (χ0n) is 88.3. The van der Waals surface area contributed by atoms with Crippen LogP contribution in [0.15, 0.2) is 261 Å². The Morgan fingerprint density at radius 2 is 0.642 bits per heavy atom. The van der Waals surface area contributed by atoms with Gasteiger partial charge >= 0.3 is 0 Å². The minimum absolute atomic E-state index is 0.137. The Morgan fingerprint density at radius 1 is 0.304 bits per heavy atom. The summed E-state index contributed by atoms with van der Waals surface area (Å²) in [6.45, 7) is 36.5. The standard InChI is InChI=1S/C35H41ClN4.C31H33ClN4.C30H30Cl2N4.C30H34Cl2N4/c1-6-40(7-2)19-11-14-25(5)37-34-29-17-9-13-24(4)33(29)38-35(39-34)30-22-27(21-26-15-8-12-23(3)20-26)32-28(30)16-10-18-31(32)36;1-20-9-5-11-22(17-20)18-23-19-26(24-12-7-14-27(32)28(23)24)31-34-29-21(2)10-6-13-25(29)30(35-31)33-15-8-16-36(3)4;1-19-7-4-9-24-28(19)34-30(35-29(24)33-15-6-16-36(2)3)25-18-21(17-20-11-13-22(31)14-12-20)27-23(25)8-5-10-26(27)32;1-5-36(6-2)15-9-11-21(4)33-30-27-14-7-10-20(3)28(27)34-29(35-30)23-13-8-12-22(16-23)24-17-25(31)19-26(32)18-24/h8-10,12-13,15-18,20,22,25,27H,6-7,11,14,19,21H2,1-5H3,(H,37,38,39);5-7,9-14,17,19,23H,8,15-16,18H2,1-4H3,(H,33,34,35);4-5,7-14,18,21H,6,15-17H2,1-3H3,(H,33,34,35);7-8,10,12-14,16-19,21H,5-6,9,11,15H2,1-4H3,(H,33,34,35). The molecule has 4 aromatic heterocycles. The maximum absolute atomic E-state index is 6.84. The molecular weight excluding hydrogens is 1950 g/mol. The molecule has 4 heterocycles. The van der Waals surface area contributed by atoms with E-state index in [4.69, 9.17) is 109 Å². The third kappa shape index (κ3) is 27.1. The number of halogens is 6. The van der Waals surface area contributed by atoms with Crippen molar-refractivity contribution >= 4 is 153 Å². The number of aryl methyl sites for hydroxylation is 6. The van der Waals surface area contributed by atoms with Crippen molar-refractivity contribution in [3.8, 4) is 22.5 Å². The molecule has 19 rings (SSSR count). The van der Waals surface area contributed by atoms with Crippen LogP contribution in [-0.2, 0) is 19.3 Å². The highest BCUT2D eigenvalue weighted by atomic mass is 35.5. The molecule has 16 nitrogen and oxygen atoms in total. The SMILES string of the molecule is CCN(CC)CCCC(C)Nc1nc(-c2cccc(-c3cc(Cl)cc(Cl)c3)c2)nc2c(C)cccc12.CCN(CC)CCCC(C)Nc1nc(C2=CC(Cc3cccc(C)c3)c3c(Cl)cccc32)nc2c(C)cccc12.Cc1cccc(CC2C=C(c3nc(NCCCN(C)C)c4cccc(C)c4n3)c3cccc(Cl)c32)c1.Cc1cccc2c(NCCCN(C)C)nc(C3=CC(Cc4ccc(Cl)cc4)c4c(Cl)cccc43)nc12. The Hall–Kier alpha value is -12.0.